The van der Waals surface area contributed by atoms with Crippen LogP contribution in [0, 0.1) is 0 Å². The van der Waals surface area contributed by atoms with Crippen molar-refractivity contribution in [3.8, 4) is 5.69 Å². The van der Waals surface area contributed by atoms with E-state index in [0.717, 1.165) is 30.3 Å². The Bertz CT molecular complexity index is 573. The van der Waals surface area contributed by atoms with Gasteiger partial charge in [-0.25, -0.2) is 4.68 Å². The number of rotatable bonds is 3. The molecule has 5 heteroatoms. The molecule has 0 saturated carbocycles. The molecule has 1 aromatic heterocycles. The summed E-state index contributed by atoms with van der Waals surface area (Å²) in [7, 11) is 0. The zero-order valence-electron chi connectivity index (χ0n) is 10.9. The van der Waals surface area contributed by atoms with E-state index < -0.39 is 0 Å². The maximum absolute atomic E-state index is 4.36. The fourth-order valence-corrected chi connectivity index (χ4v) is 2.02. The first kappa shape index (κ1) is 11.8. The molecule has 2 heterocycles. The molecule has 0 amide bonds. The molecule has 0 bridgehead atoms. The average Bonchev–Trinajstić information content (AvgIpc) is 3.06. The van der Waals surface area contributed by atoms with Crippen molar-refractivity contribution < 1.29 is 0 Å². The number of guanidine groups is 1. The normalized spacial score (nSPS) is 17.9. The first-order valence-corrected chi connectivity index (χ1v) is 6.45. The smallest absolute Gasteiger partial charge is 0.191 e. The highest BCUT2D eigenvalue weighted by Gasteiger charge is 2.11. The van der Waals surface area contributed by atoms with Gasteiger partial charge in [-0.2, -0.15) is 5.10 Å². The van der Waals surface area contributed by atoms with E-state index in [1.165, 1.54) is 0 Å². The Morgan fingerprint density at radius 2 is 2.21 bits per heavy atom. The highest BCUT2D eigenvalue weighted by atomic mass is 15.3. The average molecular weight is 255 g/mol. The van der Waals surface area contributed by atoms with Gasteiger partial charge in [0, 0.05) is 24.3 Å². The van der Waals surface area contributed by atoms with Crippen molar-refractivity contribution in [3.05, 3.63) is 48.3 Å². The number of nitrogens with one attached hydrogen (secondary N) is 2. The summed E-state index contributed by atoms with van der Waals surface area (Å²) in [6.45, 7) is 3.68. The lowest BCUT2D eigenvalue weighted by Crippen LogP contribution is -2.37. The molecule has 19 heavy (non-hydrogen) atoms. The van der Waals surface area contributed by atoms with Crippen LogP contribution >= 0.6 is 0 Å². The van der Waals surface area contributed by atoms with E-state index in [2.05, 4.69) is 27.6 Å². The van der Waals surface area contributed by atoms with Crippen LogP contribution in [0.4, 0.5) is 0 Å². The maximum Gasteiger partial charge on any atom is 0.191 e. The Balaban J connectivity index is 1.63. The fraction of sp³-hybridized carbons (Fsp3) is 0.286. The number of nitrogens with zero attached hydrogens (tertiary/aromatic N) is 3. The van der Waals surface area contributed by atoms with Crippen LogP contribution in [0.25, 0.3) is 5.69 Å². The number of hydrogen-bond acceptors (Lipinski definition) is 4. The molecule has 2 N–H and O–H groups in total. The number of aromatic nitrogens is 2. The number of hydrogen-bond donors (Lipinski definition) is 2. The summed E-state index contributed by atoms with van der Waals surface area (Å²) in [6, 6.07) is 10.5. The predicted molar refractivity (Wildman–Crippen MR) is 75.3 cm³/mol. The highest BCUT2D eigenvalue weighted by molar-refractivity contribution is 5.81. The van der Waals surface area contributed by atoms with Crippen LogP contribution in [-0.2, 0) is 6.54 Å². The van der Waals surface area contributed by atoms with Gasteiger partial charge >= 0.3 is 0 Å². The van der Waals surface area contributed by atoms with E-state index in [1.807, 2.05) is 47.4 Å². The van der Waals surface area contributed by atoms with Gasteiger partial charge in [0.1, 0.15) is 0 Å². The van der Waals surface area contributed by atoms with Gasteiger partial charge in [0.05, 0.1) is 18.4 Å². The van der Waals surface area contributed by atoms with Gasteiger partial charge in [-0.3, -0.25) is 4.99 Å². The summed E-state index contributed by atoms with van der Waals surface area (Å²) in [6.07, 6.45) is 3.90. The van der Waals surface area contributed by atoms with Gasteiger partial charge in [-0.05, 0) is 19.1 Å². The van der Waals surface area contributed by atoms with E-state index in [-0.39, 0.29) is 0 Å². The summed E-state index contributed by atoms with van der Waals surface area (Å²) in [5.41, 5.74) is 2.20. The Kier molecular flexibility index (Phi) is 3.18. The molecular formula is C14H17N5. The summed E-state index contributed by atoms with van der Waals surface area (Å²) in [5, 5.41) is 10.9. The summed E-state index contributed by atoms with van der Waals surface area (Å²) >= 11 is 0. The van der Waals surface area contributed by atoms with Crippen LogP contribution in [0.1, 0.15) is 12.5 Å². The van der Waals surface area contributed by atoms with Crippen LogP contribution in [0.15, 0.2) is 47.7 Å². The highest BCUT2D eigenvalue weighted by Crippen LogP contribution is 2.07. The van der Waals surface area contributed by atoms with Crippen molar-refractivity contribution in [2.24, 2.45) is 4.99 Å². The number of benzene rings is 1. The molecule has 1 atom stereocenters. The lowest BCUT2D eigenvalue weighted by atomic mass is 10.3. The van der Waals surface area contributed by atoms with E-state index in [9.17, 15) is 0 Å². The molecule has 3 rings (SSSR count). The zero-order valence-corrected chi connectivity index (χ0v) is 10.9. The maximum atomic E-state index is 4.36. The predicted octanol–water partition coefficient (Wildman–Crippen LogP) is 1.31. The van der Waals surface area contributed by atoms with Crippen molar-refractivity contribution >= 4 is 5.96 Å². The Morgan fingerprint density at radius 3 is 2.95 bits per heavy atom. The second-order valence-electron chi connectivity index (χ2n) is 4.72. The van der Waals surface area contributed by atoms with Crippen molar-refractivity contribution in [3.63, 3.8) is 0 Å². The monoisotopic (exact) mass is 255 g/mol. The van der Waals surface area contributed by atoms with Gasteiger partial charge in [-0.1, -0.05) is 18.2 Å². The van der Waals surface area contributed by atoms with Crippen LogP contribution in [0.2, 0.25) is 0 Å². The summed E-state index contributed by atoms with van der Waals surface area (Å²) in [4.78, 5) is 4.36. The zero-order chi connectivity index (χ0) is 13.1. The molecule has 2 aromatic rings. The second kappa shape index (κ2) is 5.14. The standard InChI is InChI=1S/C14H17N5/c1-11-7-15-14(18-11)16-8-12-9-17-19(10-12)13-5-3-2-4-6-13/h2-6,9-11H,7-8H2,1H3,(H2,15,16,18). The Morgan fingerprint density at radius 1 is 1.37 bits per heavy atom. The number of para-hydroxylation sites is 1. The third-order valence-corrected chi connectivity index (χ3v) is 3.02. The van der Waals surface area contributed by atoms with E-state index in [4.69, 9.17) is 0 Å². The first-order chi connectivity index (χ1) is 9.31. The van der Waals surface area contributed by atoms with Gasteiger partial charge in [0.25, 0.3) is 0 Å². The van der Waals surface area contributed by atoms with Crippen LogP contribution in [-0.4, -0.2) is 28.3 Å². The lowest BCUT2D eigenvalue weighted by Gasteiger charge is -2.07. The minimum absolute atomic E-state index is 0.426. The Hall–Kier alpha value is -2.30. The molecule has 5 nitrogen and oxygen atoms in total. The molecular weight excluding hydrogens is 238 g/mol. The minimum atomic E-state index is 0.426. The second-order valence-corrected chi connectivity index (χ2v) is 4.72. The topological polar surface area (TPSA) is 54.2 Å². The molecule has 0 aliphatic carbocycles. The van der Waals surface area contributed by atoms with Crippen molar-refractivity contribution in [2.45, 2.75) is 19.5 Å². The minimum Gasteiger partial charge on any atom is -0.352 e. The quantitative estimate of drug-likeness (QED) is 0.869. The SMILES string of the molecule is CC1CN=C(NCc2cnn(-c3ccccc3)c2)N1. The molecule has 98 valence electrons. The summed E-state index contributed by atoms with van der Waals surface area (Å²) < 4.78 is 1.88. The number of aliphatic imine (C=N–C) groups is 1. The van der Waals surface area contributed by atoms with Crippen molar-refractivity contribution in [2.75, 3.05) is 6.54 Å². The van der Waals surface area contributed by atoms with Crippen LogP contribution in [0.3, 0.4) is 0 Å². The molecule has 1 aliphatic rings. The van der Waals surface area contributed by atoms with Gasteiger partial charge in [0.2, 0.25) is 0 Å². The Labute approximate surface area is 112 Å². The summed E-state index contributed by atoms with van der Waals surface area (Å²) in [5.74, 6) is 0.875. The first-order valence-electron chi connectivity index (χ1n) is 6.45. The van der Waals surface area contributed by atoms with E-state index >= 15 is 0 Å². The third-order valence-electron chi connectivity index (χ3n) is 3.02. The van der Waals surface area contributed by atoms with Crippen LogP contribution < -0.4 is 10.6 Å². The molecule has 1 aromatic carbocycles. The molecule has 0 spiro atoms. The van der Waals surface area contributed by atoms with E-state index in [1.54, 1.807) is 0 Å². The molecule has 0 saturated heterocycles. The molecule has 0 fully saturated rings. The molecule has 1 aliphatic heterocycles. The van der Waals surface area contributed by atoms with Crippen LogP contribution in [0.5, 0.6) is 0 Å². The molecule has 1 unspecified atom stereocenters. The lowest BCUT2D eigenvalue weighted by molar-refractivity contribution is 0.713. The molecule has 0 radical (unpaired) electrons. The van der Waals surface area contributed by atoms with Crippen molar-refractivity contribution in [1.29, 1.82) is 0 Å². The largest absolute Gasteiger partial charge is 0.352 e. The van der Waals surface area contributed by atoms with Gasteiger partial charge in [0.15, 0.2) is 5.96 Å². The van der Waals surface area contributed by atoms with Crippen molar-refractivity contribution in [1.82, 2.24) is 20.4 Å². The van der Waals surface area contributed by atoms with Gasteiger partial charge in [-0.15, -0.1) is 0 Å². The third kappa shape index (κ3) is 2.76. The fourth-order valence-electron chi connectivity index (χ4n) is 2.02. The van der Waals surface area contributed by atoms with Gasteiger partial charge < -0.3 is 10.6 Å². The van der Waals surface area contributed by atoms with E-state index in [0.29, 0.717) is 6.04 Å².